The van der Waals surface area contributed by atoms with E-state index in [2.05, 4.69) is 0 Å². The number of carboxylic acid groups (broad SMARTS) is 1. The van der Waals surface area contributed by atoms with Crippen LogP contribution in [0.3, 0.4) is 0 Å². The van der Waals surface area contributed by atoms with E-state index in [1.54, 1.807) is 0 Å². The smallest absolute Gasteiger partial charge is 0.309 e. The molecule has 0 amide bonds. The molecule has 1 saturated heterocycles. The van der Waals surface area contributed by atoms with Gasteiger partial charge in [0, 0.05) is 13.2 Å². The van der Waals surface area contributed by atoms with Gasteiger partial charge >= 0.3 is 5.97 Å². The fourth-order valence-electron chi connectivity index (χ4n) is 1.37. The Kier molecular flexibility index (Phi) is 3.49. The normalized spacial score (nSPS) is 30.1. The first-order chi connectivity index (χ1) is 5.75. The molecule has 1 aliphatic rings. The highest BCUT2D eigenvalue weighted by Gasteiger charge is 2.31. The van der Waals surface area contributed by atoms with Crippen LogP contribution in [0.1, 0.15) is 13.3 Å². The van der Waals surface area contributed by atoms with Crippen LogP contribution in [0.15, 0.2) is 0 Å². The van der Waals surface area contributed by atoms with Gasteiger partial charge in [-0.3, -0.25) is 4.79 Å². The highest BCUT2D eigenvalue weighted by Crippen LogP contribution is 2.18. The summed E-state index contributed by atoms with van der Waals surface area (Å²) < 4.78 is 10.4. The molecule has 1 N–H and O–H groups in total. The summed E-state index contributed by atoms with van der Waals surface area (Å²) in [4.78, 5) is 10.7. The van der Waals surface area contributed by atoms with Gasteiger partial charge in [-0.1, -0.05) is 0 Å². The number of aliphatic carboxylic acids is 1. The molecule has 0 aromatic heterocycles. The number of ether oxygens (including phenoxy) is 2. The molecule has 1 fully saturated rings. The molecule has 12 heavy (non-hydrogen) atoms. The van der Waals surface area contributed by atoms with Gasteiger partial charge in [-0.05, 0) is 13.3 Å². The van der Waals surface area contributed by atoms with Crippen molar-refractivity contribution in [1.82, 2.24) is 0 Å². The van der Waals surface area contributed by atoms with Crippen molar-refractivity contribution in [3.05, 3.63) is 0 Å². The zero-order chi connectivity index (χ0) is 8.97. The Bertz CT molecular complexity index is 155. The SMILES string of the molecule is CCOC1COCCC1C(=O)O. The molecule has 0 spiro atoms. The molecular weight excluding hydrogens is 160 g/mol. The van der Waals surface area contributed by atoms with Crippen molar-refractivity contribution >= 4 is 5.97 Å². The molecule has 1 heterocycles. The van der Waals surface area contributed by atoms with E-state index in [9.17, 15) is 4.79 Å². The second kappa shape index (κ2) is 4.42. The van der Waals surface area contributed by atoms with Crippen molar-refractivity contribution in [2.24, 2.45) is 5.92 Å². The largest absolute Gasteiger partial charge is 0.481 e. The monoisotopic (exact) mass is 174 g/mol. The van der Waals surface area contributed by atoms with E-state index in [0.29, 0.717) is 26.2 Å². The average Bonchev–Trinajstić information content (AvgIpc) is 2.05. The predicted molar refractivity (Wildman–Crippen MR) is 42.0 cm³/mol. The number of hydrogen-bond acceptors (Lipinski definition) is 3. The van der Waals surface area contributed by atoms with Crippen molar-refractivity contribution in [3.63, 3.8) is 0 Å². The van der Waals surface area contributed by atoms with Gasteiger partial charge in [-0.25, -0.2) is 0 Å². The molecule has 0 aromatic carbocycles. The Hall–Kier alpha value is -0.610. The van der Waals surface area contributed by atoms with Crippen LogP contribution >= 0.6 is 0 Å². The number of carbonyl (C=O) groups is 1. The summed E-state index contributed by atoms with van der Waals surface area (Å²) in [6.07, 6.45) is 0.293. The molecule has 70 valence electrons. The van der Waals surface area contributed by atoms with E-state index in [1.165, 1.54) is 0 Å². The maximum Gasteiger partial charge on any atom is 0.309 e. The lowest BCUT2D eigenvalue weighted by molar-refractivity contribution is -0.156. The highest BCUT2D eigenvalue weighted by atomic mass is 16.5. The van der Waals surface area contributed by atoms with E-state index in [4.69, 9.17) is 14.6 Å². The molecule has 1 rings (SSSR count). The Labute approximate surface area is 71.5 Å². The first-order valence-corrected chi connectivity index (χ1v) is 4.18. The van der Waals surface area contributed by atoms with Crippen LogP contribution in [0, 0.1) is 5.92 Å². The van der Waals surface area contributed by atoms with Crippen LogP contribution in [0.25, 0.3) is 0 Å². The molecule has 2 atom stereocenters. The Balaban J connectivity index is 2.48. The van der Waals surface area contributed by atoms with Crippen LogP contribution in [-0.2, 0) is 14.3 Å². The van der Waals surface area contributed by atoms with Gasteiger partial charge in [0.05, 0.1) is 18.6 Å². The molecular formula is C8H14O4. The fourth-order valence-corrected chi connectivity index (χ4v) is 1.37. The van der Waals surface area contributed by atoms with E-state index < -0.39 is 11.9 Å². The van der Waals surface area contributed by atoms with Gasteiger partial charge in [-0.2, -0.15) is 0 Å². The van der Waals surface area contributed by atoms with Gasteiger partial charge in [-0.15, -0.1) is 0 Å². The number of rotatable bonds is 3. The minimum atomic E-state index is -0.781. The van der Waals surface area contributed by atoms with Crippen LogP contribution in [0.2, 0.25) is 0 Å². The quantitative estimate of drug-likeness (QED) is 0.677. The standard InChI is InChI=1S/C8H14O4/c1-2-12-7-5-11-4-3-6(7)8(9)10/h6-7H,2-5H2,1H3,(H,9,10). The molecule has 0 radical (unpaired) electrons. The summed E-state index contributed by atoms with van der Waals surface area (Å²) in [5.74, 6) is -1.17. The van der Waals surface area contributed by atoms with E-state index in [-0.39, 0.29) is 6.10 Å². The van der Waals surface area contributed by atoms with Gasteiger partial charge in [0.15, 0.2) is 0 Å². The van der Waals surface area contributed by atoms with E-state index in [1.807, 2.05) is 6.92 Å². The van der Waals surface area contributed by atoms with Crippen LogP contribution in [-0.4, -0.2) is 37.0 Å². The third kappa shape index (κ3) is 2.19. The zero-order valence-electron chi connectivity index (χ0n) is 7.16. The molecule has 0 saturated carbocycles. The molecule has 0 bridgehead atoms. The minimum Gasteiger partial charge on any atom is -0.481 e. The fraction of sp³-hybridized carbons (Fsp3) is 0.875. The average molecular weight is 174 g/mol. The van der Waals surface area contributed by atoms with Crippen molar-refractivity contribution in [3.8, 4) is 0 Å². The first-order valence-electron chi connectivity index (χ1n) is 4.18. The summed E-state index contributed by atoms with van der Waals surface area (Å²) in [5, 5.41) is 8.80. The van der Waals surface area contributed by atoms with Crippen molar-refractivity contribution in [2.45, 2.75) is 19.4 Å². The predicted octanol–water partition coefficient (Wildman–Crippen LogP) is 0.513. The summed E-state index contributed by atoms with van der Waals surface area (Å²) in [6.45, 7) is 3.33. The van der Waals surface area contributed by atoms with Crippen LogP contribution in [0.5, 0.6) is 0 Å². The van der Waals surface area contributed by atoms with Gasteiger partial charge in [0.1, 0.15) is 0 Å². The molecule has 4 nitrogen and oxygen atoms in total. The second-order valence-electron chi connectivity index (χ2n) is 2.80. The lowest BCUT2D eigenvalue weighted by Gasteiger charge is -2.28. The summed E-state index contributed by atoms with van der Waals surface area (Å²) in [5.41, 5.74) is 0. The summed E-state index contributed by atoms with van der Waals surface area (Å²) in [6, 6.07) is 0. The lowest BCUT2D eigenvalue weighted by Crippen LogP contribution is -2.39. The maximum atomic E-state index is 10.7. The van der Waals surface area contributed by atoms with Gasteiger partial charge < -0.3 is 14.6 Å². The van der Waals surface area contributed by atoms with Crippen molar-refractivity contribution < 1.29 is 19.4 Å². The maximum absolute atomic E-state index is 10.7. The Morgan fingerprint density at radius 3 is 3.08 bits per heavy atom. The van der Waals surface area contributed by atoms with Crippen molar-refractivity contribution in [1.29, 1.82) is 0 Å². The third-order valence-electron chi connectivity index (χ3n) is 2.00. The molecule has 1 aliphatic heterocycles. The lowest BCUT2D eigenvalue weighted by atomic mass is 9.97. The van der Waals surface area contributed by atoms with Crippen LogP contribution < -0.4 is 0 Å². The van der Waals surface area contributed by atoms with E-state index >= 15 is 0 Å². The summed E-state index contributed by atoms with van der Waals surface area (Å²) >= 11 is 0. The number of carboxylic acids is 1. The molecule has 4 heteroatoms. The van der Waals surface area contributed by atoms with Crippen molar-refractivity contribution in [2.75, 3.05) is 19.8 Å². The van der Waals surface area contributed by atoms with Crippen LogP contribution in [0.4, 0.5) is 0 Å². The number of hydrogen-bond donors (Lipinski definition) is 1. The minimum absolute atomic E-state index is 0.263. The second-order valence-corrected chi connectivity index (χ2v) is 2.80. The first kappa shape index (κ1) is 9.48. The van der Waals surface area contributed by atoms with E-state index in [0.717, 1.165) is 0 Å². The highest BCUT2D eigenvalue weighted by molar-refractivity contribution is 5.70. The molecule has 0 aromatic rings. The Morgan fingerprint density at radius 2 is 2.50 bits per heavy atom. The third-order valence-corrected chi connectivity index (χ3v) is 2.00. The molecule has 2 unspecified atom stereocenters. The molecule has 0 aliphatic carbocycles. The van der Waals surface area contributed by atoms with Gasteiger partial charge in [0.25, 0.3) is 0 Å². The zero-order valence-corrected chi connectivity index (χ0v) is 7.16. The Morgan fingerprint density at radius 1 is 1.75 bits per heavy atom. The summed E-state index contributed by atoms with van der Waals surface area (Å²) in [7, 11) is 0. The topological polar surface area (TPSA) is 55.8 Å². The van der Waals surface area contributed by atoms with Gasteiger partial charge in [0.2, 0.25) is 0 Å².